The molecule has 2 rings (SSSR count). The van der Waals surface area contributed by atoms with Gasteiger partial charge in [-0.3, -0.25) is 0 Å². The van der Waals surface area contributed by atoms with Gasteiger partial charge in [-0.2, -0.15) is 11.8 Å². The molecule has 0 atom stereocenters. The van der Waals surface area contributed by atoms with Gasteiger partial charge in [-0.25, -0.2) is 0 Å². The Kier molecular flexibility index (Phi) is 6.23. The molecular weight excluding hydrogens is 304 g/mol. The lowest BCUT2D eigenvalue weighted by Crippen LogP contribution is -2.43. The average Bonchev–Trinajstić information content (AvgIpc) is 2.44. The molecule has 0 amide bonds. The fourth-order valence-corrected chi connectivity index (χ4v) is 3.88. The number of methoxy groups -OCH3 is 1. The number of nitrogens with zero attached hydrogens (tertiary/aromatic N) is 1. The summed E-state index contributed by atoms with van der Waals surface area (Å²) in [6, 6.07) is 6.20. The maximum absolute atomic E-state index is 6.22. The summed E-state index contributed by atoms with van der Waals surface area (Å²) in [6.07, 6.45) is 0. The largest absolute Gasteiger partial charge is 0.383 e. The van der Waals surface area contributed by atoms with Crippen molar-refractivity contribution in [3.05, 3.63) is 28.8 Å². The van der Waals surface area contributed by atoms with Crippen molar-refractivity contribution >= 4 is 29.1 Å². The molecule has 0 radical (unpaired) electrons. The van der Waals surface area contributed by atoms with Crippen LogP contribution in [0.15, 0.2) is 18.2 Å². The van der Waals surface area contributed by atoms with Crippen molar-refractivity contribution in [2.75, 3.05) is 44.0 Å². The molecule has 0 aromatic heterocycles. The topological polar surface area (TPSA) is 24.5 Å². The van der Waals surface area contributed by atoms with E-state index in [1.165, 1.54) is 11.3 Å². The molecular formula is C16H25ClN2OS. The van der Waals surface area contributed by atoms with Crippen molar-refractivity contribution < 1.29 is 4.74 Å². The van der Waals surface area contributed by atoms with Crippen LogP contribution >= 0.6 is 23.4 Å². The maximum atomic E-state index is 6.22. The van der Waals surface area contributed by atoms with Gasteiger partial charge in [0.1, 0.15) is 0 Å². The molecule has 1 aromatic rings. The van der Waals surface area contributed by atoms with Crippen LogP contribution in [0.4, 0.5) is 5.69 Å². The minimum Gasteiger partial charge on any atom is -0.383 e. The Bertz CT molecular complexity index is 468. The van der Waals surface area contributed by atoms with E-state index < -0.39 is 0 Å². The minimum atomic E-state index is 0.293. The monoisotopic (exact) mass is 328 g/mol. The quantitative estimate of drug-likeness (QED) is 0.809. The second kappa shape index (κ2) is 7.73. The molecule has 1 saturated heterocycles. The fourth-order valence-electron chi connectivity index (χ4n) is 2.60. The summed E-state index contributed by atoms with van der Waals surface area (Å²) in [4.78, 5) is 2.47. The van der Waals surface area contributed by atoms with E-state index in [0.717, 1.165) is 43.6 Å². The summed E-state index contributed by atoms with van der Waals surface area (Å²) in [5.74, 6) is 1.16. The molecule has 0 saturated carbocycles. The number of ether oxygens (including phenoxy) is 1. The number of halogens is 1. The van der Waals surface area contributed by atoms with Gasteiger partial charge in [-0.1, -0.05) is 17.7 Å². The summed E-state index contributed by atoms with van der Waals surface area (Å²) in [6.45, 7) is 9.20. The van der Waals surface area contributed by atoms with Crippen LogP contribution in [0.5, 0.6) is 0 Å². The smallest absolute Gasteiger partial charge is 0.0587 e. The van der Waals surface area contributed by atoms with Gasteiger partial charge in [0.15, 0.2) is 0 Å². The third-order valence-electron chi connectivity index (χ3n) is 3.61. The zero-order valence-corrected chi connectivity index (χ0v) is 14.7. The van der Waals surface area contributed by atoms with Gasteiger partial charge in [0.05, 0.1) is 6.61 Å². The van der Waals surface area contributed by atoms with Crippen LogP contribution in [-0.2, 0) is 11.3 Å². The van der Waals surface area contributed by atoms with Gasteiger partial charge in [0.25, 0.3) is 0 Å². The van der Waals surface area contributed by atoms with Crippen molar-refractivity contribution in [2.45, 2.75) is 25.1 Å². The van der Waals surface area contributed by atoms with E-state index in [2.05, 4.69) is 36.2 Å². The van der Waals surface area contributed by atoms with Crippen LogP contribution in [0.2, 0.25) is 5.02 Å². The van der Waals surface area contributed by atoms with Crippen LogP contribution in [0, 0.1) is 0 Å². The first-order valence-electron chi connectivity index (χ1n) is 7.39. The number of anilines is 1. The average molecular weight is 329 g/mol. The van der Waals surface area contributed by atoms with Gasteiger partial charge in [0.2, 0.25) is 0 Å². The summed E-state index contributed by atoms with van der Waals surface area (Å²) >= 11 is 8.27. The Morgan fingerprint density at radius 1 is 1.43 bits per heavy atom. The van der Waals surface area contributed by atoms with Crippen molar-refractivity contribution in [1.29, 1.82) is 0 Å². The molecule has 3 nitrogen and oxygen atoms in total. The molecule has 0 aliphatic carbocycles. The molecule has 1 heterocycles. The summed E-state index contributed by atoms with van der Waals surface area (Å²) in [7, 11) is 1.73. The second-order valence-electron chi connectivity index (χ2n) is 5.97. The number of hydrogen-bond donors (Lipinski definition) is 1. The molecule has 118 valence electrons. The van der Waals surface area contributed by atoms with Crippen molar-refractivity contribution in [3.8, 4) is 0 Å². The third kappa shape index (κ3) is 5.06. The van der Waals surface area contributed by atoms with E-state index >= 15 is 0 Å². The third-order valence-corrected chi connectivity index (χ3v) is 5.14. The second-order valence-corrected chi connectivity index (χ2v) is 8.21. The molecule has 1 aliphatic rings. The number of hydrogen-bond acceptors (Lipinski definition) is 4. The van der Waals surface area contributed by atoms with E-state index in [4.69, 9.17) is 16.3 Å². The first kappa shape index (κ1) is 16.9. The van der Waals surface area contributed by atoms with Crippen LogP contribution in [0.3, 0.4) is 0 Å². The Morgan fingerprint density at radius 2 is 2.24 bits per heavy atom. The first-order valence-corrected chi connectivity index (χ1v) is 8.75. The minimum absolute atomic E-state index is 0.293. The van der Waals surface area contributed by atoms with E-state index in [9.17, 15) is 0 Å². The molecule has 0 unspecified atom stereocenters. The SMILES string of the molecule is COCCNCc1ccc(Cl)cc1N1CCSC(C)(C)C1. The fraction of sp³-hybridized carbons (Fsp3) is 0.625. The van der Waals surface area contributed by atoms with E-state index in [-0.39, 0.29) is 0 Å². The highest BCUT2D eigenvalue weighted by atomic mass is 35.5. The lowest BCUT2D eigenvalue weighted by atomic mass is 10.1. The first-order chi connectivity index (χ1) is 10.0. The summed E-state index contributed by atoms with van der Waals surface area (Å²) in [5, 5.41) is 4.23. The molecule has 1 fully saturated rings. The van der Waals surface area contributed by atoms with Gasteiger partial charge >= 0.3 is 0 Å². The highest BCUT2D eigenvalue weighted by molar-refractivity contribution is 8.00. The van der Waals surface area contributed by atoms with Crippen molar-refractivity contribution in [2.24, 2.45) is 0 Å². The lowest BCUT2D eigenvalue weighted by Gasteiger charge is -2.39. The lowest BCUT2D eigenvalue weighted by molar-refractivity contribution is 0.199. The number of thioether (sulfide) groups is 1. The van der Waals surface area contributed by atoms with Crippen LogP contribution in [0.25, 0.3) is 0 Å². The Hall–Kier alpha value is -0.420. The van der Waals surface area contributed by atoms with Gasteiger partial charge in [0, 0.05) is 54.5 Å². The molecule has 0 bridgehead atoms. The molecule has 21 heavy (non-hydrogen) atoms. The van der Waals surface area contributed by atoms with Gasteiger partial charge in [-0.05, 0) is 31.5 Å². The zero-order valence-electron chi connectivity index (χ0n) is 13.1. The van der Waals surface area contributed by atoms with Crippen molar-refractivity contribution in [3.63, 3.8) is 0 Å². The summed E-state index contributed by atoms with van der Waals surface area (Å²) < 4.78 is 5.37. The maximum Gasteiger partial charge on any atom is 0.0587 e. The normalized spacial score (nSPS) is 18.0. The number of rotatable bonds is 6. The predicted molar refractivity (Wildman–Crippen MR) is 93.8 cm³/mol. The molecule has 0 spiro atoms. The van der Waals surface area contributed by atoms with Crippen LogP contribution < -0.4 is 10.2 Å². The zero-order chi connectivity index (χ0) is 15.3. The van der Waals surface area contributed by atoms with Crippen LogP contribution in [-0.4, -0.2) is 43.9 Å². The standard InChI is InChI=1S/C16H25ClN2OS/c1-16(2)12-19(7-9-21-16)15-10-14(17)5-4-13(15)11-18-6-8-20-3/h4-5,10,18H,6-9,11-12H2,1-3H3. The number of nitrogens with one attached hydrogen (secondary N) is 1. The predicted octanol–water partition coefficient (Wildman–Crippen LogP) is 3.41. The Morgan fingerprint density at radius 3 is 2.95 bits per heavy atom. The van der Waals surface area contributed by atoms with Gasteiger partial charge in [-0.15, -0.1) is 0 Å². The van der Waals surface area contributed by atoms with E-state index in [0.29, 0.717) is 4.75 Å². The van der Waals surface area contributed by atoms with Crippen molar-refractivity contribution in [1.82, 2.24) is 5.32 Å². The van der Waals surface area contributed by atoms with Crippen LogP contribution in [0.1, 0.15) is 19.4 Å². The summed E-state index contributed by atoms with van der Waals surface area (Å²) in [5.41, 5.74) is 2.57. The molecule has 1 aromatic carbocycles. The van der Waals surface area contributed by atoms with E-state index in [1.807, 2.05) is 17.8 Å². The molecule has 1 N–H and O–H groups in total. The van der Waals surface area contributed by atoms with E-state index in [1.54, 1.807) is 7.11 Å². The Labute approximate surface area is 137 Å². The Balaban J connectivity index is 2.11. The number of benzene rings is 1. The highest BCUT2D eigenvalue weighted by Crippen LogP contribution is 2.34. The van der Waals surface area contributed by atoms with Gasteiger partial charge < -0.3 is 15.0 Å². The molecule has 5 heteroatoms. The highest BCUT2D eigenvalue weighted by Gasteiger charge is 2.28. The molecule has 1 aliphatic heterocycles.